The van der Waals surface area contributed by atoms with E-state index in [2.05, 4.69) is 49.5 Å². The molecule has 2 aromatic rings. The fraction of sp³-hybridized carbons (Fsp3) is 0.500. The van der Waals surface area contributed by atoms with E-state index in [9.17, 15) is 4.79 Å². The summed E-state index contributed by atoms with van der Waals surface area (Å²) in [5, 5.41) is 12.1. The third-order valence-corrected chi connectivity index (χ3v) is 5.46. The highest BCUT2D eigenvalue weighted by Crippen LogP contribution is 2.18. The Morgan fingerprint density at radius 3 is 2.30 bits per heavy atom. The molecule has 164 valence electrons. The van der Waals surface area contributed by atoms with Crippen LogP contribution in [0.3, 0.4) is 0 Å². The quantitative estimate of drug-likeness (QED) is 0.407. The van der Waals surface area contributed by atoms with Crippen LogP contribution >= 0.6 is 0 Å². The van der Waals surface area contributed by atoms with Crippen molar-refractivity contribution >= 4 is 11.7 Å². The minimum atomic E-state index is -0.0563. The molecule has 4 heteroatoms. The van der Waals surface area contributed by atoms with Gasteiger partial charge in [0.2, 0.25) is 0 Å². The lowest BCUT2D eigenvalue weighted by atomic mass is 10.1. The number of nitrogens with zero attached hydrogens (tertiary/aromatic N) is 1. The topological polar surface area (TPSA) is 52.6 Å². The molecule has 0 aliphatic carbocycles. The molecule has 0 heterocycles. The maximum absolute atomic E-state index is 13.1. The number of aliphatic hydroxyl groups excluding tert-OH is 1. The van der Waals surface area contributed by atoms with E-state index in [0.717, 1.165) is 48.9 Å². The largest absolute Gasteiger partial charge is 0.396 e. The van der Waals surface area contributed by atoms with Crippen LogP contribution in [-0.2, 0) is 13.0 Å². The molecule has 0 radical (unpaired) electrons. The number of carbonyl (C=O) groups excluding carboxylic acids is 1. The van der Waals surface area contributed by atoms with Crippen molar-refractivity contribution in [1.82, 2.24) is 4.90 Å². The van der Waals surface area contributed by atoms with E-state index in [-0.39, 0.29) is 12.6 Å². The van der Waals surface area contributed by atoms with Crippen LogP contribution in [0.5, 0.6) is 0 Å². The molecule has 0 spiro atoms. The maximum Gasteiger partial charge on any atom is 0.322 e. The molecule has 2 rings (SSSR count). The number of urea groups is 1. The Bertz CT molecular complexity index is 771. The van der Waals surface area contributed by atoms with Gasteiger partial charge in [-0.25, -0.2) is 4.79 Å². The Kier molecular flexibility index (Phi) is 10.4. The van der Waals surface area contributed by atoms with Crippen molar-refractivity contribution < 1.29 is 9.90 Å². The maximum atomic E-state index is 13.1. The number of rotatable bonds is 12. The summed E-state index contributed by atoms with van der Waals surface area (Å²) in [7, 11) is 0. The Morgan fingerprint density at radius 1 is 0.933 bits per heavy atom. The summed E-state index contributed by atoms with van der Waals surface area (Å²) in [5.41, 5.74) is 5.64. The van der Waals surface area contributed by atoms with Crippen LogP contribution in [0.4, 0.5) is 10.5 Å². The van der Waals surface area contributed by atoms with Crippen molar-refractivity contribution in [3.05, 3.63) is 64.7 Å². The van der Waals surface area contributed by atoms with Gasteiger partial charge in [-0.05, 0) is 62.3 Å². The van der Waals surface area contributed by atoms with E-state index < -0.39 is 0 Å². The highest BCUT2D eigenvalue weighted by molar-refractivity contribution is 5.90. The summed E-state index contributed by atoms with van der Waals surface area (Å²) in [4.78, 5) is 15.0. The Balaban J connectivity index is 2.03. The van der Waals surface area contributed by atoms with Gasteiger partial charge in [0.1, 0.15) is 0 Å². The summed E-state index contributed by atoms with van der Waals surface area (Å²) < 4.78 is 0. The van der Waals surface area contributed by atoms with E-state index in [1.54, 1.807) is 0 Å². The lowest BCUT2D eigenvalue weighted by Crippen LogP contribution is -2.35. The predicted molar refractivity (Wildman–Crippen MR) is 126 cm³/mol. The normalized spacial score (nSPS) is 10.8. The summed E-state index contributed by atoms with van der Waals surface area (Å²) >= 11 is 0. The second kappa shape index (κ2) is 13.1. The predicted octanol–water partition coefficient (Wildman–Crippen LogP) is 6.23. The molecule has 4 nitrogen and oxygen atoms in total. The highest BCUT2D eigenvalue weighted by atomic mass is 16.2. The molecule has 2 amide bonds. The lowest BCUT2D eigenvalue weighted by Gasteiger charge is -2.24. The van der Waals surface area contributed by atoms with Gasteiger partial charge < -0.3 is 15.3 Å². The third-order valence-electron chi connectivity index (χ3n) is 5.46. The first kappa shape index (κ1) is 23.9. The van der Waals surface area contributed by atoms with Crippen molar-refractivity contribution in [2.24, 2.45) is 0 Å². The number of anilines is 1. The van der Waals surface area contributed by atoms with Crippen molar-refractivity contribution in [3.8, 4) is 0 Å². The average molecular weight is 411 g/mol. The molecule has 0 fully saturated rings. The van der Waals surface area contributed by atoms with Gasteiger partial charge in [0.05, 0.1) is 0 Å². The smallest absolute Gasteiger partial charge is 0.322 e. The summed E-state index contributed by atoms with van der Waals surface area (Å²) in [5.74, 6) is 0. The second-order valence-electron chi connectivity index (χ2n) is 8.23. The third kappa shape index (κ3) is 8.19. The van der Waals surface area contributed by atoms with E-state index in [4.69, 9.17) is 5.11 Å². The number of nitrogens with one attached hydrogen (secondary N) is 1. The minimum absolute atomic E-state index is 0.0563. The van der Waals surface area contributed by atoms with E-state index in [1.807, 2.05) is 24.0 Å². The van der Waals surface area contributed by atoms with Crippen LogP contribution in [0.15, 0.2) is 42.5 Å². The highest BCUT2D eigenvalue weighted by Gasteiger charge is 2.15. The number of unbranched alkanes of at least 4 members (excludes halogenated alkanes) is 4. The fourth-order valence-corrected chi connectivity index (χ4v) is 3.58. The first-order valence-electron chi connectivity index (χ1n) is 11.4. The zero-order valence-corrected chi connectivity index (χ0v) is 18.9. The summed E-state index contributed by atoms with van der Waals surface area (Å²) in [6, 6.07) is 14.7. The van der Waals surface area contributed by atoms with Gasteiger partial charge in [-0.3, -0.25) is 0 Å². The van der Waals surface area contributed by atoms with Gasteiger partial charge in [0, 0.05) is 25.4 Å². The molecule has 2 N–H and O–H groups in total. The second-order valence-corrected chi connectivity index (χ2v) is 8.23. The van der Waals surface area contributed by atoms with Crippen molar-refractivity contribution in [1.29, 1.82) is 0 Å². The summed E-state index contributed by atoms with van der Waals surface area (Å²) in [6.45, 7) is 7.84. The lowest BCUT2D eigenvalue weighted by molar-refractivity contribution is 0.207. The van der Waals surface area contributed by atoms with E-state index >= 15 is 0 Å². The van der Waals surface area contributed by atoms with Gasteiger partial charge >= 0.3 is 6.03 Å². The molecule has 0 saturated carbocycles. The SMILES string of the molecule is CCCCc1ccc(CN(CCCCCCO)C(=O)Nc2ccc(C)cc2C)cc1. The number of carbonyl (C=O) groups is 1. The van der Waals surface area contributed by atoms with Crippen LogP contribution in [0, 0.1) is 13.8 Å². The fourth-order valence-electron chi connectivity index (χ4n) is 3.58. The van der Waals surface area contributed by atoms with Gasteiger partial charge in [-0.15, -0.1) is 0 Å². The number of benzene rings is 2. The van der Waals surface area contributed by atoms with E-state index in [1.165, 1.54) is 24.0 Å². The average Bonchev–Trinajstić information content (AvgIpc) is 2.74. The Hall–Kier alpha value is -2.33. The molecule has 0 bridgehead atoms. The molecule has 0 unspecified atom stereocenters. The van der Waals surface area contributed by atoms with Gasteiger partial charge in [-0.1, -0.05) is 68.1 Å². The minimum Gasteiger partial charge on any atom is -0.396 e. The molecular weight excluding hydrogens is 372 g/mol. The molecule has 0 aromatic heterocycles. The first-order valence-corrected chi connectivity index (χ1v) is 11.4. The molecule has 0 saturated heterocycles. The number of hydrogen-bond donors (Lipinski definition) is 2. The first-order chi connectivity index (χ1) is 14.5. The molecule has 2 aromatic carbocycles. The Labute approximate surface area is 182 Å². The van der Waals surface area contributed by atoms with Crippen LogP contribution in [-0.4, -0.2) is 29.2 Å². The zero-order valence-electron chi connectivity index (χ0n) is 18.9. The standard InChI is InChI=1S/C26H38N2O2/c1-4-5-10-23-12-14-24(15-13-23)20-28(17-8-6-7-9-18-29)26(30)27-25-16-11-21(2)19-22(25)3/h11-16,19,29H,4-10,17-18,20H2,1-3H3,(H,27,30). The Morgan fingerprint density at radius 2 is 1.63 bits per heavy atom. The molecular formula is C26H38N2O2. The van der Waals surface area contributed by atoms with Crippen LogP contribution < -0.4 is 5.32 Å². The number of aliphatic hydroxyl groups is 1. The summed E-state index contributed by atoms with van der Waals surface area (Å²) in [6.07, 6.45) is 7.29. The van der Waals surface area contributed by atoms with Crippen LogP contribution in [0.1, 0.15) is 67.7 Å². The van der Waals surface area contributed by atoms with Gasteiger partial charge in [0.15, 0.2) is 0 Å². The van der Waals surface area contributed by atoms with Crippen molar-refractivity contribution in [2.45, 2.75) is 72.3 Å². The number of hydrogen-bond acceptors (Lipinski definition) is 2. The molecule has 30 heavy (non-hydrogen) atoms. The molecule has 0 aliphatic rings. The molecule has 0 aliphatic heterocycles. The number of amides is 2. The van der Waals surface area contributed by atoms with Crippen molar-refractivity contribution in [3.63, 3.8) is 0 Å². The molecule has 0 atom stereocenters. The van der Waals surface area contributed by atoms with Gasteiger partial charge in [-0.2, -0.15) is 0 Å². The van der Waals surface area contributed by atoms with Gasteiger partial charge in [0.25, 0.3) is 0 Å². The van der Waals surface area contributed by atoms with E-state index in [0.29, 0.717) is 13.1 Å². The van der Waals surface area contributed by atoms with Crippen LogP contribution in [0.25, 0.3) is 0 Å². The van der Waals surface area contributed by atoms with Crippen molar-refractivity contribution in [2.75, 3.05) is 18.5 Å². The van der Waals surface area contributed by atoms with Crippen LogP contribution in [0.2, 0.25) is 0 Å². The monoisotopic (exact) mass is 410 g/mol. The zero-order chi connectivity index (χ0) is 21.8. The number of aryl methyl sites for hydroxylation is 3.